The van der Waals surface area contributed by atoms with Gasteiger partial charge in [0.05, 0.1) is 12.4 Å². The average molecular weight is 558 g/mol. The number of benzene rings is 1. The fraction of sp³-hybridized carbons (Fsp3) is 0.524. The third-order valence-electron chi connectivity index (χ3n) is 6.22. The molecular weight excluding hydrogens is 529 g/mol. The van der Waals surface area contributed by atoms with E-state index in [-0.39, 0.29) is 29.4 Å². The number of likely N-dealkylation sites (tertiary alicyclic amines) is 1. The summed E-state index contributed by atoms with van der Waals surface area (Å²) < 4.78 is 3.46. The highest BCUT2D eigenvalue weighted by Gasteiger charge is 2.45. The number of hydrogen-bond donors (Lipinski definition) is 1. The van der Waals surface area contributed by atoms with Gasteiger partial charge in [0.2, 0.25) is 0 Å². The van der Waals surface area contributed by atoms with E-state index in [0.717, 1.165) is 25.6 Å². The maximum atomic E-state index is 4.59. The molecule has 28 heavy (non-hydrogen) atoms. The zero-order chi connectivity index (χ0) is 18.9. The fourth-order valence-electron chi connectivity index (χ4n) is 4.26. The highest BCUT2D eigenvalue weighted by Crippen LogP contribution is 2.49. The number of imidazole rings is 1. The van der Waals surface area contributed by atoms with Gasteiger partial charge >= 0.3 is 0 Å². The van der Waals surface area contributed by atoms with Crippen molar-refractivity contribution in [1.82, 2.24) is 19.8 Å². The Balaban J connectivity index is 0.00000225. The smallest absolute Gasteiger partial charge is 0.193 e. The van der Waals surface area contributed by atoms with E-state index in [2.05, 4.69) is 78.1 Å². The summed E-state index contributed by atoms with van der Waals surface area (Å²) in [6.07, 6.45) is 9.51. The molecule has 7 heteroatoms. The normalized spacial score (nSPS) is 23.8. The monoisotopic (exact) mass is 557 g/mol. The number of piperidine rings is 1. The molecule has 2 heterocycles. The lowest BCUT2D eigenvalue weighted by molar-refractivity contribution is 0.189. The zero-order valence-electron chi connectivity index (χ0n) is 16.5. The molecule has 1 aliphatic carbocycles. The largest absolute Gasteiger partial charge is 0.355 e. The average Bonchev–Trinajstić information content (AvgIpc) is 3.26. The van der Waals surface area contributed by atoms with Crippen LogP contribution in [0, 0.1) is 5.92 Å². The van der Waals surface area contributed by atoms with Crippen molar-refractivity contribution in [3.8, 4) is 0 Å². The summed E-state index contributed by atoms with van der Waals surface area (Å²) >= 11 is 3.73. The summed E-state index contributed by atoms with van der Waals surface area (Å²) in [6.45, 7) is 5.29. The standard InChI is InChI=1S/C21H28BrN5.HI/c1-16-7-11-26(13-19(16)27-12-10-24-15-27)20(23-2)25-14-21(8-9-21)17-5-3-4-6-18(17)22;/h3-6,10,12,15-16,19H,7-9,11,13-14H2,1-2H3,(H,23,25);1H. The first-order chi connectivity index (χ1) is 13.1. The minimum atomic E-state index is 0. The van der Waals surface area contributed by atoms with Crippen LogP contribution >= 0.6 is 39.9 Å². The Kier molecular flexibility index (Phi) is 7.07. The molecule has 152 valence electrons. The molecule has 2 atom stereocenters. The summed E-state index contributed by atoms with van der Waals surface area (Å²) in [5.41, 5.74) is 1.65. The van der Waals surface area contributed by atoms with Crippen LogP contribution in [0.15, 0.2) is 52.5 Å². The molecule has 0 bridgehead atoms. The Morgan fingerprint density at radius 2 is 2.14 bits per heavy atom. The third-order valence-corrected chi connectivity index (χ3v) is 6.91. The van der Waals surface area contributed by atoms with Gasteiger partial charge in [0.1, 0.15) is 0 Å². The fourth-order valence-corrected chi connectivity index (χ4v) is 4.96. The first-order valence-electron chi connectivity index (χ1n) is 9.81. The predicted octanol–water partition coefficient (Wildman–Crippen LogP) is 4.45. The van der Waals surface area contributed by atoms with Crippen LogP contribution in [-0.4, -0.2) is 47.1 Å². The quantitative estimate of drug-likeness (QED) is 0.343. The van der Waals surface area contributed by atoms with Crippen molar-refractivity contribution >= 4 is 45.9 Å². The third kappa shape index (κ3) is 4.40. The number of rotatable bonds is 4. The summed E-state index contributed by atoms with van der Waals surface area (Å²) in [5.74, 6) is 1.66. The Morgan fingerprint density at radius 1 is 1.36 bits per heavy atom. The number of nitrogens with zero attached hydrogens (tertiary/aromatic N) is 4. The molecule has 2 fully saturated rings. The summed E-state index contributed by atoms with van der Waals surface area (Å²) in [6, 6.07) is 9.06. The maximum Gasteiger partial charge on any atom is 0.193 e. The van der Waals surface area contributed by atoms with Gasteiger partial charge in [-0.25, -0.2) is 4.98 Å². The van der Waals surface area contributed by atoms with Crippen LogP contribution in [0.5, 0.6) is 0 Å². The van der Waals surface area contributed by atoms with Crippen LogP contribution in [0.25, 0.3) is 0 Å². The molecular formula is C21H29BrIN5. The molecule has 0 amide bonds. The summed E-state index contributed by atoms with van der Waals surface area (Å²) in [5, 5.41) is 3.68. The van der Waals surface area contributed by atoms with Gasteiger partial charge in [0, 0.05) is 49.0 Å². The van der Waals surface area contributed by atoms with E-state index < -0.39 is 0 Å². The molecule has 2 aromatic rings. The van der Waals surface area contributed by atoms with Crippen molar-refractivity contribution < 1.29 is 0 Å². The molecule has 2 aliphatic rings. The van der Waals surface area contributed by atoms with E-state index in [0.29, 0.717) is 12.0 Å². The number of hydrogen-bond acceptors (Lipinski definition) is 2. The Hall–Kier alpha value is -1.09. The molecule has 0 radical (unpaired) electrons. The van der Waals surface area contributed by atoms with E-state index in [1.54, 1.807) is 0 Å². The van der Waals surface area contributed by atoms with E-state index in [9.17, 15) is 0 Å². The first-order valence-corrected chi connectivity index (χ1v) is 10.6. The number of aliphatic imine (C=N–C) groups is 1. The van der Waals surface area contributed by atoms with Crippen molar-refractivity contribution in [2.45, 2.75) is 37.6 Å². The number of halogens is 2. The van der Waals surface area contributed by atoms with E-state index >= 15 is 0 Å². The van der Waals surface area contributed by atoms with Gasteiger partial charge in [0.25, 0.3) is 0 Å². The van der Waals surface area contributed by atoms with Gasteiger partial charge in [-0.2, -0.15) is 0 Å². The van der Waals surface area contributed by atoms with E-state index in [1.165, 1.54) is 29.3 Å². The van der Waals surface area contributed by atoms with Crippen LogP contribution in [-0.2, 0) is 5.41 Å². The van der Waals surface area contributed by atoms with Crippen LogP contribution in [0.4, 0.5) is 0 Å². The van der Waals surface area contributed by atoms with Gasteiger partial charge < -0.3 is 14.8 Å². The minimum Gasteiger partial charge on any atom is -0.355 e. The molecule has 0 spiro atoms. The molecule has 1 aromatic carbocycles. The van der Waals surface area contributed by atoms with Gasteiger partial charge in [0.15, 0.2) is 5.96 Å². The van der Waals surface area contributed by atoms with E-state index in [4.69, 9.17) is 0 Å². The predicted molar refractivity (Wildman–Crippen MR) is 128 cm³/mol. The maximum absolute atomic E-state index is 4.59. The molecule has 1 aliphatic heterocycles. The van der Waals surface area contributed by atoms with Crippen molar-refractivity contribution in [1.29, 1.82) is 0 Å². The van der Waals surface area contributed by atoms with Crippen LogP contribution in [0.3, 0.4) is 0 Å². The van der Waals surface area contributed by atoms with Crippen LogP contribution in [0.1, 0.15) is 37.8 Å². The first kappa shape index (κ1) is 21.6. The molecule has 5 nitrogen and oxygen atoms in total. The van der Waals surface area contributed by atoms with Crippen molar-refractivity contribution in [3.05, 3.63) is 53.0 Å². The van der Waals surface area contributed by atoms with Crippen molar-refractivity contribution in [2.24, 2.45) is 10.9 Å². The Labute approximate surface area is 193 Å². The topological polar surface area (TPSA) is 45.5 Å². The van der Waals surface area contributed by atoms with Gasteiger partial charge in [-0.15, -0.1) is 24.0 Å². The SMILES string of the molecule is CN=C(NCC1(c2ccccc2Br)CC1)N1CCC(C)C(n2ccnc2)C1.I. The van der Waals surface area contributed by atoms with Crippen LogP contribution in [0.2, 0.25) is 0 Å². The second-order valence-electron chi connectivity index (χ2n) is 7.95. The van der Waals surface area contributed by atoms with Gasteiger partial charge in [-0.1, -0.05) is 41.1 Å². The molecule has 2 unspecified atom stereocenters. The number of guanidine groups is 1. The second-order valence-corrected chi connectivity index (χ2v) is 8.80. The molecule has 1 aromatic heterocycles. The lowest BCUT2D eigenvalue weighted by Crippen LogP contribution is -2.50. The molecule has 1 N–H and O–H groups in total. The van der Waals surface area contributed by atoms with Gasteiger partial charge in [-0.3, -0.25) is 4.99 Å². The number of nitrogens with one attached hydrogen (secondary N) is 1. The molecule has 1 saturated carbocycles. The lowest BCUT2D eigenvalue weighted by Gasteiger charge is -2.39. The highest BCUT2D eigenvalue weighted by molar-refractivity contribution is 14.0. The molecule has 1 saturated heterocycles. The van der Waals surface area contributed by atoms with Crippen molar-refractivity contribution in [2.75, 3.05) is 26.7 Å². The zero-order valence-corrected chi connectivity index (χ0v) is 20.4. The Morgan fingerprint density at radius 3 is 2.79 bits per heavy atom. The minimum absolute atomic E-state index is 0. The number of aromatic nitrogens is 2. The van der Waals surface area contributed by atoms with E-state index in [1.807, 2.05) is 19.6 Å². The van der Waals surface area contributed by atoms with Crippen LogP contribution < -0.4 is 5.32 Å². The molecule has 4 rings (SSSR count). The lowest BCUT2D eigenvalue weighted by atomic mass is 9.93. The summed E-state index contributed by atoms with van der Waals surface area (Å²) in [7, 11) is 1.89. The van der Waals surface area contributed by atoms with Gasteiger partial charge in [-0.05, 0) is 36.8 Å². The summed E-state index contributed by atoms with van der Waals surface area (Å²) in [4.78, 5) is 11.2. The second kappa shape index (κ2) is 9.15. The van der Waals surface area contributed by atoms with Crippen molar-refractivity contribution in [3.63, 3.8) is 0 Å². The Bertz CT molecular complexity index is 803. The highest BCUT2D eigenvalue weighted by atomic mass is 127.